The van der Waals surface area contributed by atoms with Crippen molar-refractivity contribution in [3.05, 3.63) is 5.92 Å². The second-order valence-electron chi connectivity index (χ2n) is 2.69. The van der Waals surface area contributed by atoms with E-state index in [2.05, 4.69) is 5.92 Å². The van der Waals surface area contributed by atoms with Gasteiger partial charge in [0.05, 0.1) is 0 Å². The first-order valence-electron chi connectivity index (χ1n) is 3.70. The maximum absolute atomic E-state index is 5.19. The van der Waals surface area contributed by atoms with E-state index in [1.54, 1.807) is 5.92 Å². The minimum atomic E-state index is 0.931. The van der Waals surface area contributed by atoms with E-state index in [0.29, 0.717) is 0 Å². The minimum Gasteiger partial charge on any atom is -0.120 e. The molecule has 0 N–H and O–H groups in total. The molecule has 0 atom stereocenters. The monoisotopic (exact) mass is 121 g/mol. The molecular formula is C9H13. The molecule has 0 spiro atoms. The Morgan fingerprint density at radius 2 is 1.89 bits per heavy atom. The zero-order valence-corrected chi connectivity index (χ0v) is 5.82. The molecular weight excluding hydrogens is 108 g/mol. The van der Waals surface area contributed by atoms with E-state index < -0.39 is 0 Å². The molecule has 1 fully saturated rings. The van der Waals surface area contributed by atoms with Crippen LogP contribution in [0.4, 0.5) is 0 Å². The summed E-state index contributed by atoms with van der Waals surface area (Å²) in [7, 11) is 0. The first-order chi connectivity index (χ1) is 4.43. The fraction of sp³-hybridized carbons (Fsp3) is 0.667. The summed E-state index contributed by atoms with van der Waals surface area (Å²) in [4.78, 5) is 0. The molecule has 0 aromatic heterocycles. The Hall–Kier alpha value is -0.440. The van der Waals surface area contributed by atoms with Gasteiger partial charge in [0.15, 0.2) is 0 Å². The van der Waals surface area contributed by atoms with Crippen molar-refractivity contribution in [2.24, 2.45) is 0 Å². The molecule has 0 aliphatic heterocycles. The van der Waals surface area contributed by atoms with Crippen LogP contribution in [0, 0.1) is 18.3 Å². The summed E-state index contributed by atoms with van der Waals surface area (Å²) in [5.41, 5.74) is 0. The fourth-order valence-corrected chi connectivity index (χ4v) is 1.37. The van der Waals surface area contributed by atoms with Crippen LogP contribution in [0.1, 0.15) is 38.5 Å². The molecule has 1 saturated carbocycles. The van der Waals surface area contributed by atoms with Crippen molar-refractivity contribution in [2.45, 2.75) is 38.5 Å². The lowest BCUT2D eigenvalue weighted by atomic mass is 9.87. The van der Waals surface area contributed by atoms with E-state index in [1.807, 2.05) is 0 Å². The molecule has 0 aromatic rings. The number of hydrogen-bond acceptors (Lipinski definition) is 0. The second kappa shape index (κ2) is 3.56. The quantitative estimate of drug-likeness (QED) is 0.468. The average molecular weight is 121 g/mol. The van der Waals surface area contributed by atoms with Crippen molar-refractivity contribution in [3.8, 4) is 12.3 Å². The average Bonchev–Trinajstić information content (AvgIpc) is 1.91. The van der Waals surface area contributed by atoms with Gasteiger partial charge in [0, 0.05) is 6.42 Å². The predicted octanol–water partition coefficient (Wildman–Crippen LogP) is 2.55. The molecule has 0 unspecified atom stereocenters. The standard InChI is InChI=1S/C9H13/c1-2-6-9-7-4-3-5-8-9/h1H,3-8H2. The Morgan fingerprint density at radius 1 is 1.22 bits per heavy atom. The van der Waals surface area contributed by atoms with Crippen LogP contribution < -0.4 is 0 Å². The van der Waals surface area contributed by atoms with Gasteiger partial charge in [-0.15, -0.1) is 12.3 Å². The molecule has 0 heterocycles. The van der Waals surface area contributed by atoms with Crippen molar-refractivity contribution in [3.63, 3.8) is 0 Å². The van der Waals surface area contributed by atoms with Gasteiger partial charge in [-0.25, -0.2) is 0 Å². The SMILES string of the molecule is C#CC[C]1CCCCC1. The van der Waals surface area contributed by atoms with E-state index >= 15 is 0 Å². The summed E-state index contributed by atoms with van der Waals surface area (Å²) in [5.74, 6) is 4.30. The molecule has 0 nitrogen and oxygen atoms in total. The van der Waals surface area contributed by atoms with Gasteiger partial charge in [0.2, 0.25) is 0 Å². The van der Waals surface area contributed by atoms with Gasteiger partial charge >= 0.3 is 0 Å². The van der Waals surface area contributed by atoms with Gasteiger partial charge in [-0.2, -0.15) is 0 Å². The summed E-state index contributed by atoms with van der Waals surface area (Å²) in [6.45, 7) is 0. The lowest BCUT2D eigenvalue weighted by molar-refractivity contribution is 0.526. The molecule has 49 valence electrons. The summed E-state index contributed by atoms with van der Waals surface area (Å²) < 4.78 is 0. The van der Waals surface area contributed by atoms with Gasteiger partial charge < -0.3 is 0 Å². The van der Waals surface area contributed by atoms with Crippen LogP contribution in [-0.2, 0) is 0 Å². The van der Waals surface area contributed by atoms with Crippen LogP contribution in [0.5, 0.6) is 0 Å². The van der Waals surface area contributed by atoms with Crippen LogP contribution in [0.3, 0.4) is 0 Å². The van der Waals surface area contributed by atoms with Gasteiger partial charge in [0.1, 0.15) is 0 Å². The molecule has 1 rings (SSSR count). The first-order valence-corrected chi connectivity index (χ1v) is 3.70. The van der Waals surface area contributed by atoms with Crippen molar-refractivity contribution in [1.29, 1.82) is 0 Å². The second-order valence-corrected chi connectivity index (χ2v) is 2.69. The van der Waals surface area contributed by atoms with Crippen molar-refractivity contribution < 1.29 is 0 Å². The third-order valence-electron chi connectivity index (χ3n) is 1.91. The normalized spacial score (nSPS) is 21.2. The molecule has 0 heteroatoms. The highest BCUT2D eigenvalue weighted by Gasteiger charge is 2.11. The highest BCUT2D eigenvalue weighted by atomic mass is 14.2. The first kappa shape index (κ1) is 6.68. The van der Waals surface area contributed by atoms with Crippen LogP contribution in [0.15, 0.2) is 0 Å². The van der Waals surface area contributed by atoms with E-state index in [9.17, 15) is 0 Å². The Morgan fingerprint density at radius 3 is 2.44 bits per heavy atom. The zero-order valence-electron chi connectivity index (χ0n) is 5.82. The Kier molecular flexibility index (Phi) is 2.64. The van der Waals surface area contributed by atoms with E-state index in [0.717, 1.165) is 6.42 Å². The largest absolute Gasteiger partial charge is 0.120 e. The highest BCUT2D eigenvalue weighted by Crippen LogP contribution is 2.27. The van der Waals surface area contributed by atoms with E-state index in [4.69, 9.17) is 6.42 Å². The highest BCUT2D eigenvalue weighted by molar-refractivity contribution is 5.03. The van der Waals surface area contributed by atoms with Gasteiger partial charge in [-0.3, -0.25) is 0 Å². The minimum absolute atomic E-state index is 0.931. The van der Waals surface area contributed by atoms with Crippen LogP contribution >= 0.6 is 0 Å². The fourth-order valence-electron chi connectivity index (χ4n) is 1.37. The molecule has 1 aliphatic carbocycles. The van der Waals surface area contributed by atoms with Crippen LogP contribution in [0.2, 0.25) is 0 Å². The van der Waals surface area contributed by atoms with E-state index in [-0.39, 0.29) is 0 Å². The lowest BCUT2D eigenvalue weighted by Crippen LogP contribution is -2.02. The predicted molar refractivity (Wildman–Crippen MR) is 39.8 cm³/mol. The van der Waals surface area contributed by atoms with Crippen molar-refractivity contribution in [1.82, 2.24) is 0 Å². The Labute approximate surface area is 57.7 Å². The Balaban J connectivity index is 2.17. The lowest BCUT2D eigenvalue weighted by Gasteiger charge is -2.17. The molecule has 0 aromatic carbocycles. The summed E-state index contributed by atoms with van der Waals surface area (Å²) in [6, 6.07) is 0. The maximum atomic E-state index is 5.19. The van der Waals surface area contributed by atoms with Crippen molar-refractivity contribution in [2.75, 3.05) is 0 Å². The molecule has 9 heavy (non-hydrogen) atoms. The molecule has 0 bridgehead atoms. The molecule has 1 radical (unpaired) electrons. The Bertz CT molecular complexity index is 102. The van der Waals surface area contributed by atoms with Gasteiger partial charge in [0.25, 0.3) is 0 Å². The van der Waals surface area contributed by atoms with Gasteiger partial charge in [-0.1, -0.05) is 19.3 Å². The topological polar surface area (TPSA) is 0 Å². The zero-order chi connectivity index (χ0) is 6.53. The van der Waals surface area contributed by atoms with Crippen LogP contribution in [-0.4, -0.2) is 0 Å². The maximum Gasteiger partial charge on any atom is 0.0148 e. The van der Waals surface area contributed by atoms with Gasteiger partial charge in [-0.05, 0) is 18.8 Å². The summed E-state index contributed by atoms with van der Waals surface area (Å²) in [6.07, 6.45) is 12.9. The van der Waals surface area contributed by atoms with Crippen LogP contribution in [0.25, 0.3) is 0 Å². The number of terminal acetylenes is 1. The molecule has 0 saturated heterocycles. The summed E-state index contributed by atoms with van der Waals surface area (Å²) >= 11 is 0. The summed E-state index contributed by atoms with van der Waals surface area (Å²) in [5, 5.41) is 0. The number of hydrogen-bond donors (Lipinski definition) is 0. The molecule has 0 amide bonds. The van der Waals surface area contributed by atoms with Crippen molar-refractivity contribution >= 4 is 0 Å². The molecule has 1 aliphatic rings. The third-order valence-corrected chi connectivity index (χ3v) is 1.91. The van der Waals surface area contributed by atoms with E-state index in [1.165, 1.54) is 32.1 Å². The third kappa shape index (κ3) is 2.10. The number of rotatable bonds is 1. The smallest absolute Gasteiger partial charge is 0.0148 e.